The van der Waals surface area contributed by atoms with Gasteiger partial charge in [-0.2, -0.15) is 0 Å². The van der Waals surface area contributed by atoms with Gasteiger partial charge in [0, 0.05) is 22.3 Å². The molecule has 1 atom stereocenters. The van der Waals surface area contributed by atoms with Gasteiger partial charge < -0.3 is 5.11 Å². The minimum Gasteiger partial charge on any atom is -0.395 e. The first kappa shape index (κ1) is 11.1. The van der Waals surface area contributed by atoms with Gasteiger partial charge in [-0.25, -0.2) is 0 Å². The number of aryl methyl sites for hydroxylation is 1. The van der Waals surface area contributed by atoms with Crippen molar-refractivity contribution in [2.45, 2.75) is 38.8 Å². The summed E-state index contributed by atoms with van der Waals surface area (Å²) in [5.74, 6) is 0. The monoisotopic (exact) mass is 225 g/mol. The molecule has 2 nitrogen and oxygen atoms in total. The van der Waals surface area contributed by atoms with Crippen LogP contribution in [0.25, 0.3) is 0 Å². The van der Waals surface area contributed by atoms with Crippen LogP contribution in [0.2, 0.25) is 0 Å². The Balaban J connectivity index is 1.97. The van der Waals surface area contributed by atoms with Crippen molar-refractivity contribution in [3.8, 4) is 0 Å². The molecular formula is C12H19NOS. The van der Waals surface area contributed by atoms with Crippen LogP contribution in [-0.4, -0.2) is 29.2 Å². The molecule has 0 spiro atoms. The van der Waals surface area contributed by atoms with Gasteiger partial charge in [0.1, 0.15) is 0 Å². The molecule has 1 saturated heterocycles. The van der Waals surface area contributed by atoms with Gasteiger partial charge in [-0.1, -0.05) is 6.42 Å². The Morgan fingerprint density at radius 1 is 1.47 bits per heavy atom. The summed E-state index contributed by atoms with van der Waals surface area (Å²) in [5, 5.41) is 9.31. The number of piperidine rings is 1. The van der Waals surface area contributed by atoms with Crippen LogP contribution >= 0.6 is 11.3 Å². The van der Waals surface area contributed by atoms with Gasteiger partial charge in [0.05, 0.1) is 6.61 Å². The summed E-state index contributed by atoms with van der Waals surface area (Å²) in [5.41, 5.74) is 0. The number of nitrogens with zero attached hydrogens (tertiary/aromatic N) is 1. The van der Waals surface area contributed by atoms with Crippen LogP contribution in [-0.2, 0) is 6.54 Å². The molecule has 1 aromatic rings. The quantitative estimate of drug-likeness (QED) is 0.854. The number of aliphatic hydroxyl groups is 1. The van der Waals surface area contributed by atoms with E-state index in [1.165, 1.54) is 22.6 Å². The highest BCUT2D eigenvalue weighted by Crippen LogP contribution is 2.22. The van der Waals surface area contributed by atoms with Gasteiger partial charge in [0.25, 0.3) is 0 Å². The number of hydrogen-bond acceptors (Lipinski definition) is 3. The van der Waals surface area contributed by atoms with E-state index in [1.807, 2.05) is 11.3 Å². The highest BCUT2D eigenvalue weighted by molar-refractivity contribution is 7.11. The van der Waals surface area contributed by atoms with Gasteiger partial charge in [0.2, 0.25) is 0 Å². The third-order valence-electron chi connectivity index (χ3n) is 3.11. The van der Waals surface area contributed by atoms with Crippen molar-refractivity contribution in [3.05, 3.63) is 21.9 Å². The first-order valence-corrected chi connectivity index (χ1v) is 6.51. The normalized spacial score (nSPS) is 23.2. The van der Waals surface area contributed by atoms with E-state index in [-0.39, 0.29) is 0 Å². The number of hydrogen-bond donors (Lipinski definition) is 1. The SMILES string of the molecule is Cc1ccc(CN2CCCCC2CO)s1. The Kier molecular flexibility index (Phi) is 3.78. The zero-order chi connectivity index (χ0) is 10.7. The van der Waals surface area contributed by atoms with Crippen LogP contribution in [0.5, 0.6) is 0 Å². The molecule has 15 heavy (non-hydrogen) atoms. The van der Waals surface area contributed by atoms with Crippen molar-refractivity contribution < 1.29 is 5.11 Å². The Morgan fingerprint density at radius 2 is 2.33 bits per heavy atom. The third kappa shape index (κ3) is 2.80. The molecule has 2 rings (SSSR count). The fourth-order valence-corrected chi connectivity index (χ4v) is 3.16. The maximum atomic E-state index is 9.31. The average Bonchev–Trinajstić information content (AvgIpc) is 2.65. The molecule has 0 saturated carbocycles. The van der Waals surface area contributed by atoms with Crippen molar-refractivity contribution in [3.63, 3.8) is 0 Å². The molecule has 0 bridgehead atoms. The van der Waals surface area contributed by atoms with Crippen LogP contribution in [0.15, 0.2) is 12.1 Å². The molecule has 1 N–H and O–H groups in total. The fourth-order valence-electron chi connectivity index (χ4n) is 2.25. The van der Waals surface area contributed by atoms with E-state index in [9.17, 15) is 5.11 Å². The molecule has 1 aliphatic rings. The lowest BCUT2D eigenvalue weighted by atomic mass is 10.0. The van der Waals surface area contributed by atoms with Crippen molar-refractivity contribution in [2.24, 2.45) is 0 Å². The van der Waals surface area contributed by atoms with E-state index in [1.54, 1.807) is 0 Å². The Morgan fingerprint density at radius 3 is 3.00 bits per heavy atom. The Bertz CT molecular complexity index is 310. The largest absolute Gasteiger partial charge is 0.395 e. The summed E-state index contributed by atoms with van der Waals surface area (Å²) in [7, 11) is 0. The molecule has 0 aromatic carbocycles. The second-order valence-electron chi connectivity index (χ2n) is 4.32. The third-order valence-corrected chi connectivity index (χ3v) is 4.10. The molecule has 0 amide bonds. The molecule has 0 aliphatic carbocycles. The molecule has 3 heteroatoms. The maximum Gasteiger partial charge on any atom is 0.0587 e. The zero-order valence-electron chi connectivity index (χ0n) is 9.28. The number of thiophene rings is 1. The lowest BCUT2D eigenvalue weighted by molar-refractivity contribution is 0.0850. The summed E-state index contributed by atoms with van der Waals surface area (Å²) < 4.78 is 0. The summed E-state index contributed by atoms with van der Waals surface area (Å²) >= 11 is 1.87. The van der Waals surface area contributed by atoms with Gasteiger partial charge in [-0.15, -0.1) is 11.3 Å². The predicted molar refractivity (Wildman–Crippen MR) is 64.2 cm³/mol. The van der Waals surface area contributed by atoms with Gasteiger partial charge in [0.15, 0.2) is 0 Å². The predicted octanol–water partition coefficient (Wildman–Crippen LogP) is 2.40. The van der Waals surface area contributed by atoms with E-state index in [0.29, 0.717) is 12.6 Å². The average molecular weight is 225 g/mol. The number of likely N-dealkylation sites (tertiary alicyclic amines) is 1. The van der Waals surface area contributed by atoms with Crippen molar-refractivity contribution in [2.75, 3.05) is 13.2 Å². The Labute approximate surface area is 95.5 Å². The summed E-state index contributed by atoms with van der Waals surface area (Å²) in [6.07, 6.45) is 3.70. The first-order chi connectivity index (χ1) is 7.29. The number of rotatable bonds is 3. The van der Waals surface area contributed by atoms with Gasteiger partial charge in [-0.05, 0) is 38.4 Å². The summed E-state index contributed by atoms with van der Waals surface area (Å²) in [4.78, 5) is 5.23. The molecule has 1 fully saturated rings. The summed E-state index contributed by atoms with van der Waals surface area (Å²) in [6.45, 7) is 4.62. The van der Waals surface area contributed by atoms with Gasteiger partial charge in [-0.3, -0.25) is 4.90 Å². The standard InChI is InChI=1S/C12H19NOS/c1-10-5-6-12(15-10)8-13-7-3-2-4-11(13)9-14/h5-6,11,14H,2-4,7-9H2,1H3. The molecule has 1 aliphatic heterocycles. The molecular weight excluding hydrogens is 206 g/mol. The van der Waals surface area contributed by atoms with E-state index in [2.05, 4.69) is 24.0 Å². The topological polar surface area (TPSA) is 23.5 Å². The van der Waals surface area contributed by atoms with E-state index >= 15 is 0 Å². The second kappa shape index (κ2) is 5.10. The molecule has 1 aromatic heterocycles. The second-order valence-corrected chi connectivity index (χ2v) is 5.69. The minimum absolute atomic E-state index is 0.310. The van der Waals surface area contributed by atoms with Crippen molar-refractivity contribution >= 4 is 11.3 Å². The maximum absolute atomic E-state index is 9.31. The van der Waals surface area contributed by atoms with Crippen LogP contribution in [0.1, 0.15) is 29.0 Å². The van der Waals surface area contributed by atoms with Crippen LogP contribution in [0.4, 0.5) is 0 Å². The lowest BCUT2D eigenvalue weighted by Gasteiger charge is -2.34. The molecule has 0 radical (unpaired) electrons. The van der Waals surface area contributed by atoms with Crippen LogP contribution < -0.4 is 0 Å². The highest BCUT2D eigenvalue weighted by Gasteiger charge is 2.21. The first-order valence-electron chi connectivity index (χ1n) is 5.70. The number of aliphatic hydroxyl groups excluding tert-OH is 1. The van der Waals surface area contributed by atoms with Crippen LogP contribution in [0.3, 0.4) is 0 Å². The molecule has 84 valence electrons. The van der Waals surface area contributed by atoms with E-state index in [4.69, 9.17) is 0 Å². The smallest absolute Gasteiger partial charge is 0.0587 e. The van der Waals surface area contributed by atoms with Crippen molar-refractivity contribution in [1.29, 1.82) is 0 Å². The Hall–Kier alpha value is -0.380. The van der Waals surface area contributed by atoms with Crippen LogP contribution in [0, 0.1) is 6.92 Å². The molecule has 2 heterocycles. The van der Waals surface area contributed by atoms with Gasteiger partial charge >= 0.3 is 0 Å². The molecule has 1 unspecified atom stereocenters. The van der Waals surface area contributed by atoms with Crippen molar-refractivity contribution in [1.82, 2.24) is 4.90 Å². The highest BCUT2D eigenvalue weighted by atomic mass is 32.1. The minimum atomic E-state index is 0.310. The van der Waals surface area contributed by atoms with E-state index in [0.717, 1.165) is 19.5 Å². The lowest BCUT2D eigenvalue weighted by Crippen LogP contribution is -2.40. The van der Waals surface area contributed by atoms with E-state index < -0.39 is 0 Å². The fraction of sp³-hybridized carbons (Fsp3) is 0.667. The zero-order valence-corrected chi connectivity index (χ0v) is 10.1. The summed E-state index contributed by atoms with van der Waals surface area (Å²) in [6, 6.07) is 4.78.